The largest absolute Gasteiger partial charge is 0.466 e. The van der Waals surface area contributed by atoms with Crippen molar-refractivity contribution in [2.45, 2.75) is 6.04 Å². The van der Waals surface area contributed by atoms with Crippen LogP contribution in [0.25, 0.3) is 0 Å². The summed E-state index contributed by atoms with van der Waals surface area (Å²) in [7, 11) is 1.38. The SMILES string of the molecule is COC(=O)C1=C(CN2CCN3C(=O)NC[C@@H]3C2)NC(c2nccs2)=NC1. The average molecular weight is 376 g/mol. The minimum Gasteiger partial charge on any atom is -0.466 e. The Balaban J connectivity index is 1.50. The van der Waals surface area contributed by atoms with Crippen molar-refractivity contribution in [2.75, 3.05) is 46.4 Å². The molecule has 0 radical (unpaired) electrons. The van der Waals surface area contributed by atoms with Crippen molar-refractivity contribution >= 4 is 29.2 Å². The molecule has 2 amide bonds. The summed E-state index contributed by atoms with van der Waals surface area (Å²) in [5, 5.41) is 8.84. The first-order valence-electron chi connectivity index (χ1n) is 8.44. The molecule has 1 aromatic rings. The van der Waals surface area contributed by atoms with Gasteiger partial charge in [-0.1, -0.05) is 0 Å². The van der Waals surface area contributed by atoms with Gasteiger partial charge in [-0.05, 0) is 0 Å². The molecule has 2 N–H and O–H groups in total. The number of amides is 2. The zero-order valence-corrected chi connectivity index (χ0v) is 15.2. The van der Waals surface area contributed by atoms with Gasteiger partial charge in [0.1, 0.15) is 0 Å². The van der Waals surface area contributed by atoms with Gasteiger partial charge in [-0.25, -0.2) is 14.6 Å². The molecule has 2 saturated heterocycles. The number of urea groups is 1. The number of aliphatic imine (C=N–C) groups is 1. The van der Waals surface area contributed by atoms with Crippen molar-refractivity contribution in [3.63, 3.8) is 0 Å². The van der Waals surface area contributed by atoms with E-state index in [2.05, 4.69) is 25.5 Å². The molecule has 1 atom stereocenters. The Kier molecular flexibility index (Phi) is 4.60. The molecule has 10 heteroatoms. The topological polar surface area (TPSA) is 99.2 Å². The number of nitrogens with zero attached hydrogens (tertiary/aromatic N) is 4. The molecule has 0 bridgehead atoms. The van der Waals surface area contributed by atoms with Gasteiger partial charge < -0.3 is 20.3 Å². The third-order valence-corrected chi connectivity index (χ3v) is 5.57. The van der Waals surface area contributed by atoms with Crippen LogP contribution in [-0.2, 0) is 9.53 Å². The van der Waals surface area contributed by atoms with Crippen LogP contribution in [0.1, 0.15) is 5.01 Å². The number of piperazine rings is 1. The lowest BCUT2D eigenvalue weighted by Gasteiger charge is -2.37. The van der Waals surface area contributed by atoms with E-state index >= 15 is 0 Å². The van der Waals surface area contributed by atoms with Gasteiger partial charge in [0.05, 0.1) is 25.3 Å². The molecule has 0 saturated carbocycles. The number of fused-ring (bicyclic) bond motifs is 1. The van der Waals surface area contributed by atoms with E-state index in [0.717, 1.165) is 23.8 Å². The van der Waals surface area contributed by atoms with Crippen LogP contribution in [0.15, 0.2) is 27.8 Å². The van der Waals surface area contributed by atoms with Crippen LogP contribution < -0.4 is 10.6 Å². The van der Waals surface area contributed by atoms with Gasteiger partial charge in [-0.15, -0.1) is 11.3 Å². The zero-order chi connectivity index (χ0) is 18.1. The Labute approximate surface area is 154 Å². The maximum absolute atomic E-state index is 12.2. The first-order valence-corrected chi connectivity index (χ1v) is 9.32. The van der Waals surface area contributed by atoms with Gasteiger partial charge >= 0.3 is 12.0 Å². The third kappa shape index (κ3) is 3.17. The van der Waals surface area contributed by atoms with Gasteiger partial charge in [-0.3, -0.25) is 9.89 Å². The molecular weight excluding hydrogens is 356 g/mol. The number of esters is 1. The summed E-state index contributed by atoms with van der Waals surface area (Å²) in [6, 6.07) is 0.187. The van der Waals surface area contributed by atoms with Gasteiger partial charge in [0.2, 0.25) is 0 Å². The predicted octanol–water partition coefficient (Wildman–Crippen LogP) is -0.371. The molecule has 138 valence electrons. The number of amidine groups is 1. The first-order chi connectivity index (χ1) is 12.7. The number of aromatic nitrogens is 1. The quantitative estimate of drug-likeness (QED) is 0.696. The van der Waals surface area contributed by atoms with Crippen molar-refractivity contribution < 1.29 is 14.3 Å². The van der Waals surface area contributed by atoms with E-state index < -0.39 is 0 Å². The number of nitrogens with one attached hydrogen (secondary N) is 2. The number of rotatable bonds is 4. The fourth-order valence-electron chi connectivity index (χ4n) is 3.45. The number of thiazole rings is 1. The van der Waals surface area contributed by atoms with Gasteiger partial charge in [0.25, 0.3) is 0 Å². The highest BCUT2D eigenvalue weighted by Gasteiger charge is 2.36. The normalized spacial score (nSPS) is 23.3. The van der Waals surface area contributed by atoms with Crippen molar-refractivity contribution in [1.29, 1.82) is 0 Å². The standard InChI is InChI=1S/C16H20N6O3S/c1-25-15(23)11-7-18-13(14-17-2-5-26-14)20-12(11)9-21-3-4-22-10(8-21)6-19-16(22)24/h2,5,10H,3-4,6-9H2,1H3,(H,18,20)(H,19,24)/t10-/m1/s1. The minimum atomic E-state index is -0.370. The highest BCUT2D eigenvalue weighted by Crippen LogP contribution is 2.19. The van der Waals surface area contributed by atoms with E-state index in [-0.39, 0.29) is 24.6 Å². The van der Waals surface area contributed by atoms with E-state index in [1.807, 2.05) is 10.3 Å². The molecule has 3 aliphatic heterocycles. The van der Waals surface area contributed by atoms with Crippen LogP contribution in [0.2, 0.25) is 0 Å². The number of carbonyl (C=O) groups is 2. The number of hydrogen-bond acceptors (Lipinski definition) is 8. The van der Waals surface area contributed by atoms with Crippen molar-refractivity contribution in [3.05, 3.63) is 27.9 Å². The second kappa shape index (κ2) is 7.04. The molecule has 2 fully saturated rings. The lowest BCUT2D eigenvalue weighted by molar-refractivity contribution is -0.136. The van der Waals surface area contributed by atoms with Crippen LogP contribution in [-0.4, -0.2) is 85.0 Å². The van der Waals surface area contributed by atoms with E-state index in [4.69, 9.17) is 4.74 Å². The van der Waals surface area contributed by atoms with E-state index in [1.54, 1.807) is 6.20 Å². The molecule has 9 nitrogen and oxygen atoms in total. The number of ether oxygens (including phenoxy) is 1. The summed E-state index contributed by atoms with van der Waals surface area (Å²) in [5.41, 5.74) is 1.33. The summed E-state index contributed by atoms with van der Waals surface area (Å²) in [4.78, 5) is 36.8. The molecular formula is C16H20N6O3S. The lowest BCUT2D eigenvalue weighted by Crippen LogP contribution is -2.53. The smallest absolute Gasteiger partial charge is 0.337 e. The lowest BCUT2D eigenvalue weighted by atomic mass is 10.1. The Bertz CT molecular complexity index is 775. The van der Waals surface area contributed by atoms with Crippen molar-refractivity contribution in [3.8, 4) is 0 Å². The molecule has 26 heavy (non-hydrogen) atoms. The Hall–Kier alpha value is -2.46. The van der Waals surface area contributed by atoms with Crippen LogP contribution in [0, 0.1) is 0 Å². The average Bonchev–Trinajstić information content (AvgIpc) is 3.31. The maximum atomic E-state index is 12.2. The Morgan fingerprint density at radius 1 is 1.46 bits per heavy atom. The maximum Gasteiger partial charge on any atom is 0.337 e. The summed E-state index contributed by atoms with van der Waals surface area (Å²) in [5.74, 6) is 0.310. The molecule has 4 heterocycles. The monoisotopic (exact) mass is 376 g/mol. The summed E-state index contributed by atoms with van der Waals surface area (Å²) >= 11 is 1.50. The molecule has 0 unspecified atom stereocenters. The van der Waals surface area contributed by atoms with Gasteiger partial charge in [0.15, 0.2) is 10.8 Å². The summed E-state index contributed by atoms with van der Waals surface area (Å²) < 4.78 is 4.92. The van der Waals surface area contributed by atoms with E-state index in [1.165, 1.54) is 18.4 Å². The number of hydrogen-bond donors (Lipinski definition) is 2. The van der Waals surface area contributed by atoms with Crippen LogP contribution in [0.5, 0.6) is 0 Å². The second-order valence-corrected chi connectivity index (χ2v) is 7.24. The first kappa shape index (κ1) is 17.0. The highest BCUT2D eigenvalue weighted by atomic mass is 32.1. The summed E-state index contributed by atoms with van der Waals surface area (Å²) in [6.45, 7) is 3.72. The molecule has 1 aromatic heterocycles. The number of carbonyl (C=O) groups excluding carboxylic acids is 2. The second-order valence-electron chi connectivity index (χ2n) is 6.34. The van der Waals surface area contributed by atoms with Gasteiger partial charge in [-0.2, -0.15) is 0 Å². The Morgan fingerprint density at radius 2 is 2.35 bits per heavy atom. The van der Waals surface area contributed by atoms with Crippen molar-refractivity contribution in [1.82, 2.24) is 25.4 Å². The molecule has 3 aliphatic rings. The van der Waals surface area contributed by atoms with Crippen molar-refractivity contribution in [2.24, 2.45) is 4.99 Å². The van der Waals surface area contributed by atoms with Gasteiger partial charge in [0, 0.05) is 50.0 Å². The molecule has 4 rings (SSSR count). The molecule has 0 spiro atoms. The van der Waals surface area contributed by atoms with Crippen LogP contribution in [0.4, 0.5) is 4.79 Å². The molecule has 0 aromatic carbocycles. The molecule has 0 aliphatic carbocycles. The fourth-order valence-corrected chi connectivity index (χ4v) is 4.05. The van der Waals surface area contributed by atoms with Crippen LogP contribution >= 0.6 is 11.3 Å². The minimum absolute atomic E-state index is 0.0121. The fraction of sp³-hybridized carbons (Fsp3) is 0.500. The predicted molar refractivity (Wildman–Crippen MR) is 96.0 cm³/mol. The highest BCUT2D eigenvalue weighted by molar-refractivity contribution is 7.11. The third-order valence-electron chi connectivity index (χ3n) is 4.79. The number of methoxy groups -OCH3 is 1. The Morgan fingerprint density at radius 3 is 3.12 bits per heavy atom. The van der Waals surface area contributed by atoms with E-state index in [0.29, 0.717) is 31.0 Å². The van der Waals surface area contributed by atoms with Crippen LogP contribution in [0.3, 0.4) is 0 Å². The van der Waals surface area contributed by atoms with E-state index in [9.17, 15) is 9.59 Å². The zero-order valence-electron chi connectivity index (χ0n) is 14.4. The summed E-state index contributed by atoms with van der Waals surface area (Å²) in [6.07, 6.45) is 1.73.